The van der Waals surface area contributed by atoms with Crippen LogP contribution in [0.3, 0.4) is 0 Å². The van der Waals surface area contributed by atoms with Gasteiger partial charge in [0.25, 0.3) is 5.91 Å². The molecule has 0 saturated heterocycles. The number of anilines is 1. The lowest BCUT2D eigenvalue weighted by atomic mass is 10.1. The molecule has 1 heterocycles. The molecule has 2 aromatic rings. The van der Waals surface area contributed by atoms with Crippen LogP contribution in [-0.2, 0) is 6.42 Å². The maximum absolute atomic E-state index is 11.9. The molecule has 1 amide bonds. The van der Waals surface area contributed by atoms with E-state index in [0.717, 1.165) is 6.42 Å². The molecule has 4 heteroatoms. The van der Waals surface area contributed by atoms with Crippen LogP contribution in [0, 0.1) is 6.92 Å². The number of nitrogens with one attached hydrogen (secondary N) is 1. The molecule has 98 valence electrons. The fourth-order valence-electron chi connectivity index (χ4n) is 1.88. The van der Waals surface area contributed by atoms with E-state index in [-0.39, 0.29) is 5.91 Å². The predicted molar refractivity (Wildman–Crippen MR) is 75.9 cm³/mol. The summed E-state index contributed by atoms with van der Waals surface area (Å²) in [5.74, 6) is 0.230. The lowest BCUT2D eigenvalue weighted by Gasteiger charge is -2.06. The Morgan fingerprint density at radius 1 is 1.32 bits per heavy atom. The van der Waals surface area contributed by atoms with Crippen LogP contribution < -0.4 is 11.1 Å². The summed E-state index contributed by atoms with van der Waals surface area (Å²) in [5.41, 5.74) is 8.52. The number of nitrogen functional groups attached to an aromatic ring is 1. The first-order valence-electron chi connectivity index (χ1n) is 6.20. The van der Waals surface area contributed by atoms with Crippen LogP contribution in [0.1, 0.15) is 21.5 Å². The largest absolute Gasteiger partial charge is 0.384 e. The third-order valence-electron chi connectivity index (χ3n) is 2.82. The molecular formula is C15H17N3O. The lowest BCUT2D eigenvalue weighted by molar-refractivity contribution is 0.0954. The van der Waals surface area contributed by atoms with E-state index in [9.17, 15) is 4.79 Å². The zero-order valence-corrected chi connectivity index (χ0v) is 10.9. The molecule has 3 N–H and O–H groups in total. The number of carbonyl (C=O) groups excluding carboxylic acids is 1. The fraction of sp³-hybridized carbons (Fsp3) is 0.200. The van der Waals surface area contributed by atoms with E-state index in [0.29, 0.717) is 17.9 Å². The molecule has 1 aromatic carbocycles. The van der Waals surface area contributed by atoms with Crippen LogP contribution in [0.5, 0.6) is 0 Å². The quantitative estimate of drug-likeness (QED) is 0.877. The Hall–Kier alpha value is -2.36. The van der Waals surface area contributed by atoms with Crippen molar-refractivity contribution in [3.63, 3.8) is 0 Å². The van der Waals surface area contributed by atoms with Crippen LogP contribution in [0.25, 0.3) is 0 Å². The molecule has 0 spiro atoms. The van der Waals surface area contributed by atoms with Crippen LogP contribution in [-0.4, -0.2) is 17.4 Å². The van der Waals surface area contributed by atoms with Crippen LogP contribution >= 0.6 is 0 Å². The summed E-state index contributed by atoms with van der Waals surface area (Å²) >= 11 is 0. The zero-order valence-electron chi connectivity index (χ0n) is 10.9. The summed E-state index contributed by atoms with van der Waals surface area (Å²) in [6.07, 6.45) is 2.35. The van der Waals surface area contributed by atoms with E-state index < -0.39 is 0 Å². The van der Waals surface area contributed by atoms with E-state index in [1.807, 2.05) is 6.07 Å². The van der Waals surface area contributed by atoms with Crippen molar-refractivity contribution in [2.75, 3.05) is 12.3 Å². The summed E-state index contributed by atoms with van der Waals surface area (Å²) in [5, 5.41) is 2.87. The highest BCUT2D eigenvalue weighted by atomic mass is 16.1. The molecular weight excluding hydrogens is 238 g/mol. The van der Waals surface area contributed by atoms with Gasteiger partial charge in [0.05, 0.1) is 0 Å². The van der Waals surface area contributed by atoms with E-state index in [1.54, 1.807) is 12.1 Å². The van der Waals surface area contributed by atoms with Crippen molar-refractivity contribution in [2.24, 2.45) is 0 Å². The Morgan fingerprint density at radius 2 is 2.16 bits per heavy atom. The third kappa shape index (κ3) is 3.81. The van der Waals surface area contributed by atoms with Crippen molar-refractivity contribution in [2.45, 2.75) is 13.3 Å². The average molecular weight is 255 g/mol. The molecule has 0 saturated carbocycles. The number of nitrogens with zero attached hydrogens (tertiary/aromatic N) is 1. The highest BCUT2D eigenvalue weighted by molar-refractivity contribution is 5.94. The highest BCUT2D eigenvalue weighted by Gasteiger charge is 2.05. The standard InChI is InChI=1S/C15H17N3O/c1-11-3-2-4-12(9-11)5-7-18-15(19)13-6-8-17-14(16)10-13/h2-4,6,8-10H,5,7H2,1H3,(H2,16,17)(H,18,19). The molecule has 19 heavy (non-hydrogen) atoms. The number of rotatable bonds is 4. The third-order valence-corrected chi connectivity index (χ3v) is 2.82. The first kappa shape index (κ1) is 13.1. The summed E-state index contributed by atoms with van der Waals surface area (Å²) in [4.78, 5) is 15.7. The van der Waals surface area contributed by atoms with Gasteiger partial charge in [0.2, 0.25) is 0 Å². The molecule has 0 fully saturated rings. The van der Waals surface area contributed by atoms with Gasteiger partial charge in [-0.1, -0.05) is 29.8 Å². The van der Waals surface area contributed by atoms with Gasteiger partial charge < -0.3 is 11.1 Å². The van der Waals surface area contributed by atoms with Crippen molar-refractivity contribution < 1.29 is 4.79 Å². The minimum Gasteiger partial charge on any atom is -0.384 e. The number of aryl methyl sites for hydroxylation is 1. The number of nitrogens with two attached hydrogens (primary N) is 1. The Kier molecular flexibility index (Phi) is 4.13. The predicted octanol–water partition coefficient (Wildman–Crippen LogP) is 1.94. The van der Waals surface area contributed by atoms with Gasteiger partial charge in [-0.15, -0.1) is 0 Å². The van der Waals surface area contributed by atoms with E-state index in [4.69, 9.17) is 5.73 Å². The second-order valence-electron chi connectivity index (χ2n) is 4.46. The number of amides is 1. The average Bonchev–Trinajstić information content (AvgIpc) is 2.38. The molecule has 0 aliphatic rings. The zero-order chi connectivity index (χ0) is 13.7. The molecule has 2 rings (SSSR count). The van der Waals surface area contributed by atoms with Crippen LogP contribution in [0.4, 0.5) is 5.82 Å². The van der Waals surface area contributed by atoms with Gasteiger partial charge in [-0.25, -0.2) is 4.98 Å². The molecule has 0 bridgehead atoms. The van der Waals surface area contributed by atoms with E-state index >= 15 is 0 Å². The lowest BCUT2D eigenvalue weighted by Crippen LogP contribution is -2.25. The van der Waals surface area contributed by atoms with Gasteiger partial charge in [-0.2, -0.15) is 0 Å². The first-order valence-corrected chi connectivity index (χ1v) is 6.20. The van der Waals surface area contributed by atoms with Crippen molar-refractivity contribution in [3.05, 3.63) is 59.3 Å². The smallest absolute Gasteiger partial charge is 0.251 e. The summed E-state index contributed by atoms with van der Waals surface area (Å²) < 4.78 is 0. The van der Waals surface area contributed by atoms with Crippen molar-refractivity contribution in [1.82, 2.24) is 10.3 Å². The van der Waals surface area contributed by atoms with Gasteiger partial charge in [0, 0.05) is 18.3 Å². The van der Waals surface area contributed by atoms with Crippen molar-refractivity contribution in [1.29, 1.82) is 0 Å². The fourth-order valence-corrected chi connectivity index (χ4v) is 1.88. The Labute approximate surface area is 112 Å². The monoisotopic (exact) mass is 255 g/mol. The van der Waals surface area contributed by atoms with Crippen molar-refractivity contribution in [3.8, 4) is 0 Å². The number of hydrogen-bond donors (Lipinski definition) is 2. The molecule has 1 aromatic heterocycles. The summed E-state index contributed by atoms with van der Waals surface area (Å²) in [6.45, 7) is 2.66. The topological polar surface area (TPSA) is 68.0 Å². The molecule has 4 nitrogen and oxygen atoms in total. The Morgan fingerprint density at radius 3 is 2.89 bits per heavy atom. The molecule has 0 unspecified atom stereocenters. The Balaban J connectivity index is 1.87. The van der Waals surface area contributed by atoms with E-state index in [1.165, 1.54) is 17.3 Å². The number of hydrogen-bond acceptors (Lipinski definition) is 3. The van der Waals surface area contributed by atoms with Crippen LogP contribution in [0.15, 0.2) is 42.6 Å². The number of pyridine rings is 1. The van der Waals surface area contributed by atoms with Gasteiger partial charge >= 0.3 is 0 Å². The first-order chi connectivity index (χ1) is 9.15. The normalized spacial score (nSPS) is 10.2. The summed E-state index contributed by atoms with van der Waals surface area (Å²) in [6, 6.07) is 11.5. The maximum atomic E-state index is 11.9. The second kappa shape index (κ2) is 6.00. The van der Waals surface area contributed by atoms with Gasteiger partial charge in [0.1, 0.15) is 5.82 Å². The second-order valence-corrected chi connectivity index (χ2v) is 4.46. The highest BCUT2D eigenvalue weighted by Crippen LogP contribution is 2.05. The van der Waals surface area contributed by atoms with Crippen molar-refractivity contribution >= 4 is 11.7 Å². The molecule has 0 aliphatic heterocycles. The van der Waals surface area contributed by atoms with E-state index in [2.05, 4.69) is 35.4 Å². The molecule has 0 aliphatic carbocycles. The summed E-state index contributed by atoms with van der Waals surface area (Å²) in [7, 11) is 0. The molecule has 0 radical (unpaired) electrons. The number of benzene rings is 1. The number of carbonyl (C=O) groups is 1. The maximum Gasteiger partial charge on any atom is 0.251 e. The minimum absolute atomic E-state index is 0.123. The molecule has 0 atom stereocenters. The van der Waals surface area contributed by atoms with Gasteiger partial charge in [0.15, 0.2) is 0 Å². The van der Waals surface area contributed by atoms with Crippen LogP contribution in [0.2, 0.25) is 0 Å². The Bertz CT molecular complexity index is 581. The number of aromatic nitrogens is 1. The van der Waals surface area contributed by atoms with Gasteiger partial charge in [-0.05, 0) is 31.0 Å². The van der Waals surface area contributed by atoms with Gasteiger partial charge in [-0.3, -0.25) is 4.79 Å². The SMILES string of the molecule is Cc1cccc(CCNC(=O)c2ccnc(N)c2)c1. The minimum atomic E-state index is -0.123.